The van der Waals surface area contributed by atoms with Crippen molar-refractivity contribution in [1.29, 1.82) is 0 Å². The fourth-order valence-electron chi connectivity index (χ4n) is 2.93. The van der Waals surface area contributed by atoms with Crippen LogP contribution in [0, 0.1) is 0 Å². The molecule has 3 aromatic rings. The maximum Gasteiger partial charge on any atom is 0.417 e. The molecule has 0 saturated carbocycles. The SMILES string of the molecule is O=C(NCC(F)(F)c1ccc(-c2cc(Cl)nc(Cl)c2)cc1Cl)c1ccccc1C(F)(F)F. The molecule has 1 heterocycles. The predicted molar refractivity (Wildman–Crippen MR) is 112 cm³/mol. The summed E-state index contributed by atoms with van der Waals surface area (Å²) in [5.41, 5.74) is -1.67. The average molecular weight is 510 g/mol. The summed E-state index contributed by atoms with van der Waals surface area (Å²) in [4.78, 5) is 16.0. The number of rotatable bonds is 5. The Morgan fingerprint density at radius 1 is 0.844 bits per heavy atom. The lowest BCUT2D eigenvalue weighted by Gasteiger charge is -2.20. The number of benzene rings is 2. The van der Waals surface area contributed by atoms with E-state index in [1.165, 1.54) is 30.3 Å². The lowest BCUT2D eigenvalue weighted by Crippen LogP contribution is -2.36. The molecule has 3 rings (SSSR count). The normalized spacial score (nSPS) is 12.0. The van der Waals surface area contributed by atoms with E-state index in [2.05, 4.69) is 4.98 Å². The number of pyridine rings is 1. The van der Waals surface area contributed by atoms with Gasteiger partial charge in [0.2, 0.25) is 0 Å². The first-order chi connectivity index (χ1) is 14.9. The molecule has 0 aliphatic carbocycles. The predicted octanol–water partition coefficient (Wildman–Crippen LogP) is 7.25. The van der Waals surface area contributed by atoms with Gasteiger partial charge in [-0.15, -0.1) is 0 Å². The molecule has 11 heteroatoms. The maximum atomic E-state index is 14.7. The number of aromatic nitrogens is 1. The van der Waals surface area contributed by atoms with Gasteiger partial charge < -0.3 is 5.32 Å². The first kappa shape index (κ1) is 24.2. The average Bonchev–Trinajstić information content (AvgIpc) is 2.70. The first-order valence-corrected chi connectivity index (χ1v) is 9.97. The molecule has 0 radical (unpaired) electrons. The highest BCUT2D eigenvalue weighted by Gasteiger charge is 2.37. The van der Waals surface area contributed by atoms with Crippen molar-refractivity contribution in [2.75, 3.05) is 6.54 Å². The summed E-state index contributed by atoms with van der Waals surface area (Å²) in [6.45, 7) is -1.26. The molecule has 1 amide bonds. The van der Waals surface area contributed by atoms with Crippen LogP contribution in [0.25, 0.3) is 11.1 Å². The van der Waals surface area contributed by atoms with Crippen LogP contribution in [0.4, 0.5) is 22.0 Å². The Labute approximate surface area is 194 Å². The highest BCUT2D eigenvalue weighted by atomic mass is 35.5. The lowest BCUT2D eigenvalue weighted by atomic mass is 10.0. The van der Waals surface area contributed by atoms with Crippen LogP contribution in [-0.2, 0) is 12.1 Å². The molecule has 1 aromatic heterocycles. The van der Waals surface area contributed by atoms with Gasteiger partial charge in [-0.05, 0) is 41.5 Å². The molecule has 0 aliphatic rings. The van der Waals surface area contributed by atoms with Gasteiger partial charge in [-0.1, -0.05) is 59.1 Å². The molecule has 2 aromatic carbocycles. The van der Waals surface area contributed by atoms with E-state index in [0.29, 0.717) is 17.2 Å². The molecule has 0 fully saturated rings. The summed E-state index contributed by atoms with van der Waals surface area (Å²) in [7, 11) is 0. The Morgan fingerprint density at radius 3 is 2.06 bits per heavy atom. The summed E-state index contributed by atoms with van der Waals surface area (Å²) in [6.07, 6.45) is -4.81. The van der Waals surface area contributed by atoms with Crippen molar-refractivity contribution < 1.29 is 26.7 Å². The zero-order valence-electron chi connectivity index (χ0n) is 15.8. The third kappa shape index (κ3) is 5.49. The second kappa shape index (κ2) is 9.21. The van der Waals surface area contributed by atoms with Crippen LogP contribution in [0.15, 0.2) is 54.6 Å². The van der Waals surface area contributed by atoms with Crippen LogP contribution in [0.2, 0.25) is 15.3 Å². The number of nitrogens with zero attached hydrogens (tertiary/aromatic N) is 1. The minimum absolute atomic E-state index is 0.0971. The summed E-state index contributed by atoms with van der Waals surface area (Å²) in [6, 6.07) is 10.5. The monoisotopic (exact) mass is 508 g/mol. The van der Waals surface area contributed by atoms with E-state index in [9.17, 15) is 26.7 Å². The highest BCUT2D eigenvalue weighted by Crippen LogP contribution is 2.37. The largest absolute Gasteiger partial charge is 0.417 e. The van der Waals surface area contributed by atoms with E-state index in [1.54, 1.807) is 0 Å². The summed E-state index contributed by atoms with van der Waals surface area (Å²) in [5.74, 6) is -4.95. The fourth-order valence-corrected chi connectivity index (χ4v) is 3.71. The molecule has 32 heavy (non-hydrogen) atoms. The standard InChI is InChI=1S/C21H12Cl3F5N2O/c22-16-7-11(12-8-17(23)31-18(24)9-12)5-6-15(16)20(25,26)10-30-19(32)13-3-1-2-4-14(13)21(27,28)29/h1-9H,10H2,(H,30,32). The zero-order valence-corrected chi connectivity index (χ0v) is 18.1. The van der Waals surface area contributed by atoms with Gasteiger partial charge in [0.05, 0.1) is 22.7 Å². The Kier molecular flexibility index (Phi) is 6.97. The van der Waals surface area contributed by atoms with Crippen molar-refractivity contribution in [3.8, 4) is 11.1 Å². The highest BCUT2D eigenvalue weighted by molar-refractivity contribution is 6.33. The van der Waals surface area contributed by atoms with Crippen molar-refractivity contribution in [3.63, 3.8) is 0 Å². The Hall–Kier alpha value is -2.42. The second-order valence-corrected chi connectivity index (χ2v) is 7.81. The van der Waals surface area contributed by atoms with Gasteiger partial charge in [-0.25, -0.2) is 4.98 Å². The molecule has 0 saturated heterocycles. The van der Waals surface area contributed by atoms with Crippen LogP contribution in [0.5, 0.6) is 0 Å². The smallest absolute Gasteiger partial charge is 0.346 e. The van der Waals surface area contributed by atoms with Crippen molar-refractivity contribution in [1.82, 2.24) is 10.3 Å². The minimum Gasteiger partial charge on any atom is -0.346 e. The van der Waals surface area contributed by atoms with Crippen molar-refractivity contribution in [2.45, 2.75) is 12.1 Å². The first-order valence-electron chi connectivity index (χ1n) is 8.84. The van der Waals surface area contributed by atoms with E-state index in [-0.39, 0.29) is 15.3 Å². The number of nitrogens with one attached hydrogen (secondary N) is 1. The molecule has 168 valence electrons. The summed E-state index contributed by atoms with van der Waals surface area (Å²) >= 11 is 17.7. The number of amides is 1. The number of hydrogen-bond acceptors (Lipinski definition) is 2. The van der Waals surface area contributed by atoms with Gasteiger partial charge in [-0.2, -0.15) is 22.0 Å². The molecular formula is C21H12Cl3F5N2O. The molecule has 0 aliphatic heterocycles. The van der Waals surface area contributed by atoms with Gasteiger partial charge in [0.1, 0.15) is 10.3 Å². The van der Waals surface area contributed by atoms with Crippen molar-refractivity contribution >= 4 is 40.7 Å². The number of carbonyl (C=O) groups excluding carboxylic acids is 1. The Balaban J connectivity index is 1.81. The van der Waals surface area contributed by atoms with Crippen molar-refractivity contribution in [2.24, 2.45) is 0 Å². The third-order valence-electron chi connectivity index (χ3n) is 4.41. The van der Waals surface area contributed by atoms with Gasteiger partial charge in [0.15, 0.2) is 0 Å². The zero-order chi connectivity index (χ0) is 23.7. The van der Waals surface area contributed by atoms with Gasteiger partial charge in [0, 0.05) is 5.56 Å². The van der Waals surface area contributed by atoms with Crippen LogP contribution >= 0.6 is 34.8 Å². The number of hydrogen-bond donors (Lipinski definition) is 1. The molecule has 0 atom stereocenters. The van der Waals surface area contributed by atoms with Gasteiger partial charge >= 0.3 is 6.18 Å². The molecule has 0 unspecified atom stereocenters. The Morgan fingerprint density at radius 2 is 1.47 bits per heavy atom. The molecule has 0 bridgehead atoms. The number of halogens is 8. The fraction of sp³-hybridized carbons (Fsp3) is 0.143. The van der Waals surface area contributed by atoms with E-state index in [1.807, 2.05) is 5.32 Å². The van der Waals surface area contributed by atoms with Crippen LogP contribution in [-0.4, -0.2) is 17.4 Å². The van der Waals surface area contributed by atoms with E-state index in [0.717, 1.165) is 18.2 Å². The topological polar surface area (TPSA) is 42.0 Å². The van der Waals surface area contributed by atoms with Gasteiger partial charge in [0.25, 0.3) is 11.8 Å². The lowest BCUT2D eigenvalue weighted by molar-refractivity contribution is -0.137. The van der Waals surface area contributed by atoms with Crippen LogP contribution in [0.1, 0.15) is 21.5 Å². The second-order valence-electron chi connectivity index (χ2n) is 6.63. The van der Waals surface area contributed by atoms with E-state index < -0.39 is 41.2 Å². The number of carbonyl (C=O) groups is 1. The minimum atomic E-state index is -4.81. The molecule has 1 N–H and O–H groups in total. The van der Waals surface area contributed by atoms with Crippen LogP contribution in [0.3, 0.4) is 0 Å². The third-order valence-corrected chi connectivity index (χ3v) is 5.11. The van der Waals surface area contributed by atoms with Crippen molar-refractivity contribution in [3.05, 3.63) is 86.6 Å². The maximum absolute atomic E-state index is 14.7. The van der Waals surface area contributed by atoms with E-state index >= 15 is 0 Å². The molecule has 3 nitrogen and oxygen atoms in total. The number of alkyl halides is 5. The van der Waals surface area contributed by atoms with E-state index in [4.69, 9.17) is 34.8 Å². The van der Waals surface area contributed by atoms with Crippen LogP contribution < -0.4 is 5.32 Å². The summed E-state index contributed by atoms with van der Waals surface area (Å²) < 4.78 is 68.6. The molecule has 0 spiro atoms. The Bertz CT molecular complexity index is 1150. The summed E-state index contributed by atoms with van der Waals surface area (Å²) in [5, 5.41) is 1.72. The quantitative estimate of drug-likeness (QED) is 0.291. The van der Waals surface area contributed by atoms with Gasteiger partial charge in [-0.3, -0.25) is 4.79 Å². The molecular weight excluding hydrogens is 498 g/mol.